The Bertz CT molecular complexity index is 729. The van der Waals surface area contributed by atoms with Crippen molar-refractivity contribution in [2.75, 3.05) is 11.1 Å². The number of carboxylic acids is 1. The highest BCUT2D eigenvalue weighted by molar-refractivity contribution is 6.08. The number of rotatable bonds is 3. The van der Waals surface area contributed by atoms with Gasteiger partial charge in [0, 0.05) is 11.3 Å². The fraction of sp³-hybridized carbons (Fsp3) is 0.0667. The predicted octanol–water partition coefficient (Wildman–Crippen LogP) is 2.67. The number of carboxylic acid groups (broad SMARTS) is 1. The Balaban J connectivity index is 2.33. The van der Waals surface area contributed by atoms with E-state index in [1.54, 1.807) is 6.92 Å². The molecule has 5 nitrogen and oxygen atoms in total. The van der Waals surface area contributed by atoms with Crippen molar-refractivity contribution in [1.82, 2.24) is 0 Å². The Kier molecular flexibility index (Phi) is 3.89. The van der Waals surface area contributed by atoms with Crippen molar-refractivity contribution in [2.45, 2.75) is 6.92 Å². The third kappa shape index (κ3) is 3.17. The van der Waals surface area contributed by atoms with Crippen molar-refractivity contribution in [2.24, 2.45) is 0 Å². The lowest BCUT2D eigenvalue weighted by Gasteiger charge is -2.10. The van der Waals surface area contributed by atoms with Gasteiger partial charge in [-0.2, -0.15) is 0 Å². The van der Waals surface area contributed by atoms with Crippen LogP contribution in [0.25, 0.3) is 0 Å². The summed E-state index contributed by atoms with van der Waals surface area (Å²) in [5.74, 6) is -2.31. The number of nitrogens with two attached hydrogens (primary N) is 1. The quantitative estimate of drug-likeness (QED) is 0.757. The average Bonchev–Trinajstić information content (AvgIpc) is 2.41. The second-order valence-corrected chi connectivity index (χ2v) is 4.53. The third-order valence-electron chi connectivity index (χ3n) is 2.96. The van der Waals surface area contributed by atoms with Crippen LogP contribution >= 0.6 is 0 Å². The minimum absolute atomic E-state index is 0.0634. The molecule has 0 aliphatic rings. The lowest BCUT2D eigenvalue weighted by molar-refractivity contribution is 0.0698. The Hall–Kier alpha value is -2.89. The molecule has 0 atom stereocenters. The number of anilines is 2. The van der Waals surface area contributed by atoms with Gasteiger partial charge in [0.2, 0.25) is 0 Å². The molecule has 0 spiro atoms. The maximum absolute atomic E-state index is 13.5. The molecule has 0 unspecified atom stereocenters. The molecule has 0 aromatic heterocycles. The smallest absolute Gasteiger partial charge is 0.337 e. The molecule has 0 saturated carbocycles. The van der Waals surface area contributed by atoms with Crippen LogP contribution in [-0.4, -0.2) is 17.0 Å². The van der Waals surface area contributed by atoms with Crippen molar-refractivity contribution in [1.29, 1.82) is 0 Å². The van der Waals surface area contributed by atoms with Crippen LogP contribution in [0, 0.1) is 12.7 Å². The van der Waals surface area contributed by atoms with Gasteiger partial charge in [0.15, 0.2) is 0 Å². The van der Waals surface area contributed by atoms with Crippen molar-refractivity contribution < 1.29 is 19.1 Å². The van der Waals surface area contributed by atoms with Gasteiger partial charge in [-0.05, 0) is 42.8 Å². The van der Waals surface area contributed by atoms with Gasteiger partial charge in [0.1, 0.15) is 5.82 Å². The minimum atomic E-state index is -1.19. The molecule has 21 heavy (non-hydrogen) atoms. The molecule has 108 valence electrons. The number of carbonyl (C=O) groups excluding carboxylic acids is 1. The average molecular weight is 288 g/mol. The molecule has 0 fully saturated rings. The number of benzene rings is 2. The number of hydrogen-bond acceptors (Lipinski definition) is 3. The van der Waals surface area contributed by atoms with Gasteiger partial charge < -0.3 is 16.2 Å². The molecule has 0 saturated heterocycles. The first-order valence-corrected chi connectivity index (χ1v) is 6.09. The Morgan fingerprint density at radius 1 is 1.19 bits per heavy atom. The normalized spacial score (nSPS) is 10.2. The lowest BCUT2D eigenvalue weighted by atomic mass is 10.1. The fourth-order valence-corrected chi connectivity index (χ4v) is 1.78. The SMILES string of the molecule is Cc1ccc(C(=O)Nc2cc(N)ccc2C(=O)O)cc1F. The number of halogens is 1. The molecule has 0 bridgehead atoms. The van der Waals surface area contributed by atoms with Crippen LogP contribution in [0.5, 0.6) is 0 Å². The van der Waals surface area contributed by atoms with Crippen molar-refractivity contribution in [3.05, 3.63) is 58.9 Å². The number of nitrogens with one attached hydrogen (secondary N) is 1. The third-order valence-corrected chi connectivity index (χ3v) is 2.96. The monoisotopic (exact) mass is 288 g/mol. The summed E-state index contributed by atoms with van der Waals surface area (Å²) in [6, 6.07) is 8.08. The van der Waals surface area contributed by atoms with Crippen LogP contribution < -0.4 is 11.1 Å². The summed E-state index contributed by atoms with van der Waals surface area (Å²) in [6.45, 7) is 1.58. The number of hydrogen-bond donors (Lipinski definition) is 3. The van der Waals surface area contributed by atoms with Crippen LogP contribution in [0.1, 0.15) is 26.3 Å². The van der Waals surface area contributed by atoms with Crippen molar-refractivity contribution >= 4 is 23.3 Å². The predicted molar refractivity (Wildman–Crippen MR) is 76.9 cm³/mol. The maximum atomic E-state index is 13.5. The first-order chi connectivity index (χ1) is 9.88. The Labute approximate surface area is 120 Å². The number of aromatic carboxylic acids is 1. The van der Waals surface area contributed by atoms with Crippen LogP contribution in [0.4, 0.5) is 15.8 Å². The van der Waals surface area contributed by atoms with Gasteiger partial charge in [0.05, 0.1) is 11.3 Å². The summed E-state index contributed by atoms with van der Waals surface area (Å²) in [5.41, 5.74) is 6.38. The van der Waals surface area contributed by atoms with Crippen LogP contribution in [0.3, 0.4) is 0 Å². The van der Waals surface area contributed by atoms with E-state index in [2.05, 4.69) is 5.32 Å². The summed E-state index contributed by atoms with van der Waals surface area (Å²) >= 11 is 0. The number of nitrogen functional groups attached to an aromatic ring is 1. The highest BCUT2D eigenvalue weighted by atomic mass is 19.1. The maximum Gasteiger partial charge on any atom is 0.337 e. The van der Waals surface area contributed by atoms with Crippen LogP contribution in [-0.2, 0) is 0 Å². The number of amides is 1. The minimum Gasteiger partial charge on any atom is -0.478 e. The molecule has 1 amide bonds. The fourth-order valence-electron chi connectivity index (χ4n) is 1.78. The summed E-state index contributed by atoms with van der Waals surface area (Å²) in [5, 5.41) is 11.5. The molecule has 2 aromatic carbocycles. The first kappa shape index (κ1) is 14.5. The highest BCUT2D eigenvalue weighted by Gasteiger charge is 2.14. The summed E-state index contributed by atoms with van der Waals surface area (Å²) in [4.78, 5) is 23.1. The van der Waals surface area contributed by atoms with Gasteiger partial charge in [-0.15, -0.1) is 0 Å². The Morgan fingerprint density at radius 3 is 2.52 bits per heavy atom. The van der Waals surface area contributed by atoms with Gasteiger partial charge in [-0.25, -0.2) is 9.18 Å². The van der Waals surface area contributed by atoms with Crippen molar-refractivity contribution in [3.63, 3.8) is 0 Å². The lowest BCUT2D eigenvalue weighted by Crippen LogP contribution is -2.15. The van der Waals surface area contributed by atoms with E-state index in [4.69, 9.17) is 10.8 Å². The van der Waals surface area contributed by atoms with E-state index in [9.17, 15) is 14.0 Å². The molecular weight excluding hydrogens is 275 g/mol. The molecular formula is C15H13FN2O3. The summed E-state index contributed by atoms with van der Waals surface area (Å²) in [7, 11) is 0. The molecule has 0 heterocycles. The van der Waals surface area contributed by atoms with Gasteiger partial charge in [-0.3, -0.25) is 4.79 Å². The van der Waals surface area contributed by atoms with E-state index >= 15 is 0 Å². The van der Waals surface area contributed by atoms with Gasteiger partial charge in [-0.1, -0.05) is 6.07 Å². The molecule has 0 aliphatic carbocycles. The van der Waals surface area contributed by atoms with Crippen LogP contribution in [0.2, 0.25) is 0 Å². The topological polar surface area (TPSA) is 92.4 Å². The molecule has 0 radical (unpaired) electrons. The van der Waals surface area contributed by atoms with Crippen molar-refractivity contribution in [3.8, 4) is 0 Å². The zero-order valence-electron chi connectivity index (χ0n) is 11.2. The Morgan fingerprint density at radius 2 is 1.90 bits per heavy atom. The van der Waals surface area contributed by atoms with E-state index < -0.39 is 17.7 Å². The second-order valence-electron chi connectivity index (χ2n) is 4.53. The molecule has 2 aromatic rings. The first-order valence-electron chi connectivity index (χ1n) is 6.09. The molecule has 6 heteroatoms. The highest BCUT2D eigenvalue weighted by Crippen LogP contribution is 2.20. The molecule has 0 aliphatic heterocycles. The largest absolute Gasteiger partial charge is 0.478 e. The number of carbonyl (C=O) groups is 2. The van der Waals surface area contributed by atoms with E-state index in [0.717, 1.165) is 6.07 Å². The summed E-state index contributed by atoms with van der Waals surface area (Å²) in [6.07, 6.45) is 0. The zero-order chi connectivity index (χ0) is 15.6. The van der Waals surface area contributed by atoms with Gasteiger partial charge in [0.25, 0.3) is 5.91 Å². The molecule has 2 rings (SSSR count). The van der Waals surface area contributed by atoms with Gasteiger partial charge >= 0.3 is 5.97 Å². The second kappa shape index (κ2) is 5.62. The van der Waals surface area contributed by atoms with E-state index in [-0.39, 0.29) is 16.8 Å². The standard InChI is InChI=1S/C15H13FN2O3/c1-8-2-3-9(6-12(8)16)14(19)18-13-7-10(17)4-5-11(13)15(20)21/h2-7H,17H2,1H3,(H,18,19)(H,20,21). The van der Waals surface area contributed by atoms with E-state index in [0.29, 0.717) is 11.3 Å². The summed E-state index contributed by atoms with van der Waals surface area (Å²) < 4.78 is 13.5. The zero-order valence-corrected chi connectivity index (χ0v) is 11.2. The van der Waals surface area contributed by atoms with E-state index in [1.807, 2.05) is 0 Å². The van der Waals surface area contributed by atoms with E-state index in [1.165, 1.54) is 30.3 Å². The number of aryl methyl sites for hydroxylation is 1. The van der Waals surface area contributed by atoms with Crippen LogP contribution in [0.15, 0.2) is 36.4 Å². The molecule has 4 N–H and O–H groups in total.